The fourth-order valence-corrected chi connectivity index (χ4v) is 2.94. The molecule has 0 bridgehead atoms. The minimum atomic E-state index is 0.0230. The first kappa shape index (κ1) is 10.9. The molecule has 1 aromatic rings. The number of anilines is 1. The molecule has 1 fully saturated rings. The van der Waals surface area contributed by atoms with Gasteiger partial charge in [-0.2, -0.15) is 0 Å². The molecule has 0 saturated carbocycles. The van der Waals surface area contributed by atoms with Gasteiger partial charge in [-0.1, -0.05) is 0 Å². The molecule has 0 aliphatic carbocycles. The van der Waals surface area contributed by atoms with E-state index in [4.69, 9.17) is 0 Å². The van der Waals surface area contributed by atoms with Crippen LogP contribution in [0.25, 0.3) is 0 Å². The van der Waals surface area contributed by atoms with Crippen LogP contribution in [-0.2, 0) is 0 Å². The van der Waals surface area contributed by atoms with Gasteiger partial charge in [-0.05, 0) is 25.0 Å². The molecule has 19 heavy (non-hydrogen) atoms. The number of hydrogen-bond donors (Lipinski definition) is 0. The predicted molar refractivity (Wildman–Crippen MR) is 70.9 cm³/mol. The fraction of sp³-hybridized carbons (Fsp3) is 0.462. The summed E-state index contributed by atoms with van der Waals surface area (Å²) in [5.41, 5.74) is 0.676. The summed E-state index contributed by atoms with van der Waals surface area (Å²) in [6.45, 7) is 3.35. The van der Waals surface area contributed by atoms with E-state index >= 15 is 0 Å². The highest BCUT2D eigenvalue weighted by Gasteiger charge is 2.41. The minimum Gasteiger partial charge on any atom is -0.275 e. The number of fused-ring (bicyclic) bond motifs is 2. The molecule has 0 aromatic carbocycles. The number of aromatic nitrogens is 1. The van der Waals surface area contributed by atoms with Crippen molar-refractivity contribution >= 4 is 17.7 Å². The predicted octanol–water partition coefficient (Wildman–Crippen LogP) is 0.724. The Kier molecular flexibility index (Phi) is 2.32. The van der Waals surface area contributed by atoms with Crippen LogP contribution in [0.5, 0.6) is 0 Å². The summed E-state index contributed by atoms with van der Waals surface area (Å²) in [4.78, 5) is 23.1. The Labute approximate surface area is 111 Å². The lowest BCUT2D eigenvalue weighted by molar-refractivity contribution is 0.0843. The van der Waals surface area contributed by atoms with Crippen LogP contribution >= 0.6 is 0 Å². The molecule has 1 aromatic heterocycles. The Hall–Kier alpha value is -1.95. The monoisotopic (exact) mass is 257 g/mol. The van der Waals surface area contributed by atoms with Crippen molar-refractivity contribution in [2.45, 2.75) is 12.8 Å². The highest BCUT2D eigenvalue weighted by molar-refractivity contribution is 6.18. The Morgan fingerprint density at radius 1 is 1.16 bits per heavy atom. The third-order valence-electron chi connectivity index (χ3n) is 3.84. The van der Waals surface area contributed by atoms with Crippen molar-refractivity contribution in [1.29, 1.82) is 0 Å². The second-order valence-corrected chi connectivity index (χ2v) is 4.99. The maximum atomic E-state index is 12.4. The summed E-state index contributed by atoms with van der Waals surface area (Å²) in [5.74, 6) is 1.50. The SMILES string of the molecule is O=C1c2cccnc2N(N2CCCC2)C2=NCCN12. The standard InChI is InChI=1S/C13H15N5O/c19-12-10-4-3-5-14-11(10)18(16-7-1-2-8-16)13-15-6-9-17(12)13/h3-5H,1-2,6-9H2. The van der Waals surface area contributed by atoms with Gasteiger partial charge in [-0.3, -0.25) is 9.69 Å². The van der Waals surface area contributed by atoms with Crippen LogP contribution in [0.15, 0.2) is 23.3 Å². The second kappa shape index (κ2) is 4.03. The van der Waals surface area contributed by atoms with Gasteiger partial charge < -0.3 is 0 Å². The van der Waals surface area contributed by atoms with Crippen molar-refractivity contribution in [3.8, 4) is 0 Å². The Bertz CT molecular complexity index is 564. The molecule has 0 unspecified atom stereocenters. The van der Waals surface area contributed by atoms with Crippen molar-refractivity contribution < 1.29 is 4.79 Å². The average molecular weight is 257 g/mol. The molecule has 3 aliphatic heterocycles. The Morgan fingerprint density at radius 3 is 2.84 bits per heavy atom. The zero-order chi connectivity index (χ0) is 12.8. The first-order valence-corrected chi connectivity index (χ1v) is 6.72. The fourth-order valence-electron chi connectivity index (χ4n) is 2.94. The molecule has 3 aliphatic rings. The van der Waals surface area contributed by atoms with E-state index in [1.165, 1.54) is 12.8 Å². The van der Waals surface area contributed by atoms with E-state index < -0.39 is 0 Å². The number of hydrazine groups is 1. The maximum absolute atomic E-state index is 12.4. The van der Waals surface area contributed by atoms with Gasteiger partial charge in [0.25, 0.3) is 5.91 Å². The molecular formula is C13H15N5O. The van der Waals surface area contributed by atoms with E-state index in [-0.39, 0.29) is 5.91 Å². The van der Waals surface area contributed by atoms with Gasteiger partial charge >= 0.3 is 0 Å². The third-order valence-corrected chi connectivity index (χ3v) is 3.84. The van der Waals surface area contributed by atoms with Crippen molar-refractivity contribution in [1.82, 2.24) is 14.9 Å². The van der Waals surface area contributed by atoms with Gasteiger partial charge in [0.1, 0.15) is 0 Å². The molecule has 98 valence electrons. The molecule has 0 N–H and O–H groups in total. The molecule has 1 saturated heterocycles. The molecule has 6 nitrogen and oxygen atoms in total. The number of nitrogens with zero attached hydrogens (tertiary/aromatic N) is 5. The highest BCUT2D eigenvalue weighted by atomic mass is 16.2. The number of pyridine rings is 1. The van der Waals surface area contributed by atoms with E-state index in [1.54, 1.807) is 11.1 Å². The van der Waals surface area contributed by atoms with Crippen LogP contribution in [-0.4, -0.2) is 52.9 Å². The van der Waals surface area contributed by atoms with Crippen molar-refractivity contribution in [2.75, 3.05) is 31.2 Å². The van der Waals surface area contributed by atoms with E-state index in [2.05, 4.69) is 15.0 Å². The topological polar surface area (TPSA) is 52.0 Å². The average Bonchev–Trinajstić information content (AvgIpc) is 3.10. The molecule has 6 heteroatoms. The lowest BCUT2D eigenvalue weighted by atomic mass is 10.2. The molecule has 1 amide bonds. The first-order chi connectivity index (χ1) is 9.36. The van der Waals surface area contributed by atoms with Crippen LogP contribution in [0.4, 0.5) is 5.82 Å². The summed E-state index contributed by atoms with van der Waals surface area (Å²) in [7, 11) is 0. The number of guanidine groups is 1. The number of hydrogen-bond acceptors (Lipinski definition) is 5. The lowest BCUT2D eigenvalue weighted by Crippen LogP contribution is -2.56. The van der Waals surface area contributed by atoms with Crippen LogP contribution in [0.2, 0.25) is 0 Å². The maximum Gasteiger partial charge on any atom is 0.264 e. The van der Waals surface area contributed by atoms with Crippen LogP contribution in [0.1, 0.15) is 23.2 Å². The van der Waals surface area contributed by atoms with Gasteiger partial charge in [0, 0.05) is 25.8 Å². The largest absolute Gasteiger partial charge is 0.275 e. The molecular weight excluding hydrogens is 242 g/mol. The van der Waals surface area contributed by atoms with Gasteiger partial charge in [0.2, 0.25) is 5.96 Å². The van der Waals surface area contributed by atoms with Crippen molar-refractivity contribution in [2.24, 2.45) is 4.99 Å². The van der Waals surface area contributed by atoms with Gasteiger partial charge in [-0.25, -0.2) is 20.0 Å². The van der Waals surface area contributed by atoms with Gasteiger partial charge in [-0.15, -0.1) is 0 Å². The number of amides is 1. The lowest BCUT2D eigenvalue weighted by Gasteiger charge is -2.39. The Balaban J connectivity index is 1.86. The number of aliphatic imine (C=N–C) groups is 1. The zero-order valence-electron chi connectivity index (χ0n) is 10.6. The van der Waals surface area contributed by atoms with Crippen LogP contribution < -0.4 is 5.01 Å². The smallest absolute Gasteiger partial charge is 0.264 e. The summed E-state index contributed by atoms with van der Waals surface area (Å²) >= 11 is 0. The first-order valence-electron chi connectivity index (χ1n) is 6.72. The van der Waals surface area contributed by atoms with E-state index in [0.29, 0.717) is 18.7 Å². The zero-order valence-corrected chi connectivity index (χ0v) is 10.6. The quantitative estimate of drug-likeness (QED) is 0.744. The second-order valence-electron chi connectivity index (χ2n) is 4.99. The Morgan fingerprint density at radius 2 is 2.00 bits per heavy atom. The van der Waals surface area contributed by atoms with Gasteiger partial charge in [0.15, 0.2) is 5.82 Å². The van der Waals surface area contributed by atoms with E-state index in [1.807, 2.05) is 17.1 Å². The van der Waals surface area contributed by atoms with Crippen molar-refractivity contribution in [3.63, 3.8) is 0 Å². The van der Waals surface area contributed by atoms with Crippen LogP contribution in [0, 0.1) is 0 Å². The number of carbonyl (C=O) groups is 1. The van der Waals surface area contributed by atoms with Crippen LogP contribution in [0.3, 0.4) is 0 Å². The van der Waals surface area contributed by atoms with E-state index in [0.717, 1.165) is 24.9 Å². The summed E-state index contributed by atoms with van der Waals surface area (Å²) in [6, 6.07) is 3.67. The highest BCUT2D eigenvalue weighted by Crippen LogP contribution is 2.30. The number of rotatable bonds is 1. The van der Waals surface area contributed by atoms with Gasteiger partial charge in [0.05, 0.1) is 12.1 Å². The molecule has 4 rings (SSSR count). The summed E-state index contributed by atoms with van der Waals surface area (Å²) in [5, 5.41) is 4.28. The molecule has 0 spiro atoms. The molecule has 0 atom stereocenters. The minimum absolute atomic E-state index is 0.0230. The summed E-state index contributed by atoms with van der Waals surface area (Å²) in [6.07, 6.45) is 4.10. The third kappa shape index (κ3) is 1.49. The van der Waals surface area contributed by atoms with E-state index in [9.17, 15) is 4.79 Å². The molecule has 0 radical (unpaired) electrons. The molecule has 4 heterocycles. The number of carbonyl (C=O) groups excluding carboxylic acids is 1. The summed E-state index contributed by atoms with van der Waals surface area (Å²) < 4.78 is 0. The normalized spacial score (nSPS) is 22.5. The van der Waals surface area contributed by atoms with Crippen molar-refractivity contribution in [3.05, 3.63) is 23.9 Å².